The van der Waals surface area contributed by atoms with Crippen LogP contribution in [0.4, 0.5) is 11.4 Å². The number of aryl methyl sites for hydroxylation is 2. The lowest BCUT2D eigenvalue weighted by molar-refractivity contribution is -0.115. The highest BCUT2D eigenvalue weighted by Gasteiger charge is 2.03. The maximum Gasteiger partial charge on any atom is 0.226 e. The number of amides is 1. The third kappa shape index (κ3) is 4.52. The largest absolute Gasteiger partial charge is 0.497 e. The van der Waals surface area contributed by atoms with Crippen molar-refractivity contribution in [2.45, 2.75) is 20.3 Å². The molecule has 0 unspecified atom stereocenters. The van der Waals surface area contributed by atoms with Crippen molar-refractivity contribution in [1.29, 1.82) is 0 Å². The van der Waals surface area contributed by atoms with Crippen LogP contribution in [0.1, 0.15) is 17.5 Å². The van der Waals surface area contributed by atoms with E-state index in [9.17, 15) is 4.79 Å². The first-order valence-corrected chi connectivity index (χ1v) is 7.33. The molecule has 1 amide bonds. The summed E-state index contributed by atoms with van der Waals surface area (Å²) in [5, 5.41) is 6.13. The predicted molar refractivity (Wildman–Crippen MR) is 90.6 cm³/mol. The zero-order chi connectivity index (χ0) is 15.9. The van der Waals surface area contributed by atoms with E-state index in [1.54, 1.807) is 7.11 Å². The number of hydrogen-bond donors (Lipinski definition) is 2. The van der Waals surface area contributed by atoms with Gasteiger partial charge in [0, 0.05) is 24.3 Å². The highest BCUT2D eigenvalue weighted by molar-refractivity contribution is 5.91. The van der Waals surface area contributed by atoms with Crippen LogP contribution in [0.25, 0.3) is 0 Å². The van der Waals surface area contributed by atoms with E-state index >= 15 is 0 Å². The lowest BCUT2D eigenvalue weighted by Gasteiger charge is -2.09. The Hall–Kier alpha value is -2.49. The quantitative estimate of drug-likeness (QED) is 0.854. The first kappa shape index (κ1) is 15.9. The number of carbonyl (C=O) groups excluding carboxylic acids is 1. The second kappa shape index (κ2) is 7.50. The van der Waals surface area contributed by atoms with E-state index in [1.165, 1.54) is 11.1 Å². The van der Waals surface area contributed by atoms with Crippen LogP contribution in [-0.4, -0.2) is 19.6 Å². The van der Waals surface area contributed by atoms with Crippen LogP contribution < -0.4 is 15.4 Å². The van der Waals surface area contributed by atoms with Gasteiger partial charge in [-0.15, -0.1) is 0 Å². The number of rotatable bonds is 6. The number of anilines is 2. The molecule has 0 fully saturated rings. The summed E-state index contributed by atoms with van der Waals surface area (Å²) in [6, 6.07) is 13.6. The number of carbonyl (C=O) groups is 1. The van der Waals surface area contributed by atoms with E-state index in [-0.39, 0.29) is 5.91 Å². The molecular formula is C18H22N2O2. The Kier molecular flexibility index (Phi) is 5.42. The molecule has 0 spiro atoms. The molecular weight excluding hydrogens is 276 g/mol. The minimum atomic E-state index is 0.00395. The summed E-state index contributed by atoms with van der Waals surface area (Å²) in [5.74, 6) is 0.822. The fourth-order valence-corrected chi connectivity index (χ4v) is 2.07. The average molecular weight is 298 g/mol. The van der Waals surface area contributed by atoms with Crippen molar-refractivity contribution in [2.24, 2.45) is 0 Å². The van der Waals surface area contributed by atoms with Crippen molar-refractivity contribution in [3.05, 3.63) is 53.6 Å². The van der Waals surface area contributed by atoms with Gasteiger partial charge in [-0.25, -0.2) is 0 Å². The van der Waals surface area contributed by atoms with Crippen molar-refractivity contribution < 1.29 is 9.53 Å². The molecule has 0 aliphatic heterocycles. The zero-order valence-corrected chi connectivity index (χ0v) is 13.3. The number of methoxy groups -OCH3 is 1. The average Bonchev–Trinajstić information content (AvgIpc) is 2.51. The van der Waals surface area contributed by atoms with E-state index < -0.39 is 0 Å². The van der Waals surface area contributed by atoms with E-state index in [2.05, 4.69) is 17.6 Å². The lowest BCUT2D eigenvalue weighted by atomic mass is 10.1. The van der Waals surface area contributed by atoms with Gasteiger partial charge in [0.25, 0.3) is 0 Å². The molecule has 2 aromatic carbocycles. The monoisotopic (exact) mass is 298 g/mol. The van der Waals surface area contributed by atoms with Crippen LogP contribution in [0.5, 0.6) is 5.75 Å². The Labute approximate surface area is 131 Å². The number of ether oxygens (including phenoxy) is 1. The summed E-state index contributed by atoms with van der Waals surface area (Å²) >= 11 is 0. The van der Waals surface area contributed by atoms with E-state index in [0.29, 0.717) is 13.0 Å². The molecule has 0 bridgehead atoms. The molecule has 2 aromatic rings. The van der Waals surface area contributed by atoms with Gasteiger partial charge in [-0.1, -0.05) is 6.07 Å². The second-order valence-corrected chi connectivity index (χ2v) is 5.25. The van der Waals surface area contributed by atoms with Crippen LogP contribution in [0.2, 0.25) is 0 Å². The summed E-state index contributed by atoms with van der Waals surface area (Å²) in [4.78, 5) is 11.9. The van der Waals surface area contributed by atoms with Gasteiger partial charge in [0.15, 0.2) is 0 Å². The maximum absolute atomic E-state index is 11.9. The second-order valence-electron chi connectivity index (χ2n) is 5.25. The molecule has 4 nitrogen and oxygen atoms in total. The van der Waals surface area contributed by atoms with Gasteiger partial charge >= 0.3 is 0 Å². The fourth-order valence-electron chi connectivity index (χ4n) is 2.07. The highest BCUT2D eigenvalue weighted by Crippen LogP contribution is 2.16. The van der Waals surface area contributed by atoms with Crippen molar-refractivity contribution in [2.75, 3.05) is 24.3 Å². The van der Waals surface area contributed by atoms with Crippen LogP contribution in [0.15, 0.2) is 42.5 Å². The topological polar surface area (TPSA) is 50.4 Å². The summed E-state index contributed by atoms with van der Waals surface area (Å²) in [5.41, 5.74) is 4.21. The van der Waals surface area contributed by atoms with Crippen molar-refractivity contribution in [3.63, 3.8) is 0 Å². The van der Waals surface area contributed by atoms with E-state index in [4.69, 9.17) is 4.74 Å². The number of hydrogen-bond acceptors (Lipinski definition) is 3. The first-order valence-electron chi connectivity index (χ1n) is 7.33. The third-order valence-electron chi connectivity index (χ3n) is 3.56. The Morgan fingerprint density at radius 2 is 1.68 bits per heavy atom. The molecule has 0 heterocycles. The van der Waals surface area contributed by atoms with Crippen molar-refractivity contribution in [3.8, 4) is 5.75 Å². The van der Waals surface area contributed by atoms with Gasteiger partial charge in [-0.2, -0.15) is 0 Å². The highest BCUT2D eigenvalue weighted by atomic mass is 16.5. The van der Waals surface area contributed by atoms with Gasteiger partial charge in [-0.05, 0) is 61.4 Å². The van der Waals surface area contributed by atoms with Gasteiger partial charge in [0.2, 0.25) is 5.91 Å². The molecule has 0 aliphatic rings. The molecule has 2 N–H and O–H groups in total. The minimum Gasteiger partial charge on any atom is -0.497 e. The normalized spacial score (nSPS) is 10.1. The number of benzene rings is 2. The summed E-state index contributed by atoms with van der Waals surface area (Å²) in [6.07, 6.45) is 0.416. The SMILES string of the molecule is COc1ccc(NCCC(=O)Nc2ccc(C)c(C)c2)cc1. The molecule has 116 valence electrons. The van der Waals surface area contributed by atoms with E-state index in [1.807, 2.05) is 49.4 Å². The van der Waals surface area contributed by atoms with Crippen LogP contribution in [-0.2, 0) is 4.79 Å². The fraction of sp³-hybridized carbons (Fsp3) is 0.278. The Balaban J connectivity index is 1.78. The molecule has 0 radical (unpaired) electrons. The van der Waals surface area contributed by atoms with Crippen LogP contribution in [0.3, 0.4) is 0 Å². The van der Waals surface area contributed by atoms with Crippen LogP contribution in [0, 0.1) is 13.8 Å². The van der Waals surface area contributed by atoms with Crippen molar-refractivity contribution >= 4 is 17.3 Å². The van der Waals surface area contributed by atoms with Crippen molar-refractivity contribution in [1.82, 2.24) is 0 Å². The molecule has 22 heavy (non-hydrogen) atoms. The number of nitrogens with one attached hydrogen (secondary N) is 2. The first-order chi connectivity index (χ1) is 10.6. The maximum atomic E-state index is 11.9. The smallest absolute Gasteiger partial charge is 0.226 e. The predicted octanol–water partition coefficient (Wildman–Crippen LogP) is 3.75. The Bertz CT molecular complexity index is 636. The molecule has 0 aliphatic carbocycles. The van der Waals surface area contributed by atoms with Gasteiger partial charge < -0.3 is 15.4 Å². The molecule has 2 rings (SSSR count). The lowest BCUT2D eigenvalue weighted by Crippen LogP contribution is -2.16. The zero-order valence-electron chi connectivity index (χ0n) is 13.3. The van der Waals surface area contributed by atoms with Crippen LogP contribution >= 0.6 is 0 Å². The van der Waals surface area contributed by atoms with Gasteiger partial charge in [0.1, 0.15) is 5.75 Å². The Morgan fingerprint density at radius 3 is 2.32 bits per heavy atom. The summed E-state index contributed by atoms with van der Waals surface area (Å²) in [7, 11) is 1.64. The Morgan fingerprint density at radius 1 is 1.00 bits per heavy atom. The van der Waals surface area contributed by atoms with Gasteiger partial charge in [0.05, 0.1) is 7.11 Å². The van der Waals surface area contributed by atoms with Gasteiger partial charge in [-0.3, -0.25) is 4.79 Å². The standard InChI is InChI=1S/C18H22N2O2/c1-13-4-5-16(12-14(13)2)20-18(21)10-11-19-15-6-8-17(22-3)9-7-15/h4-9,12,19H,10-11H2,1-3H3,(H,20,21). The molecule has 4 heteroatoms. The molecule has 0 atom stereocenters. The molecule has 0 saturated carbocycles. The summed E-state index contributed by atoms with van der Waals surface area (Å²) in [6.45, 7) is 4.68. The minimum absolute atomic E-state index is 0.00395. The molecule has 0 saturated heterocycles. The molecule has 0 aromatic heterocycles. The third-order valence-corrected chi connectivity index (χ3v) is 3.56. The summed E-state index contributed by atoms with van der Waals surface area (Å²) < 4.78 is 5.10. The van der Waals surface area contributed by atoms with E-state index in [0.717, 1.165) is 17.1 Å².